The van der Waals surface area contributed by atoms with E-state index in [2.05, 4.69) is 34.0 Å². The molecule has 2 aromatic carbocycles. The number of nitrogens with one attached hydrogen (secondary N) is 2. The summed E-state index contributed by atoms with van der Waals surface area (Å²) >= 11 is 1.24. The maximum atomic E-state index is 13.6. The van der Waals surface area contributed by atoms with Crippen molar-refractivity contribution >= 4 is 40.3 Å². The third-order valence-corrected chi connectivity index (χ3v) is 5.23. The first-order chi connectivity index (χ1) is 14.8. The van der Waals surface area contributed by atoms with Crippen LogP contribution in [0.1, 0.15) is 13.8 Å². The molecule has 0 bridgehead atoms. The minimum Gasteiger partial charge on any atom is -0.346 e. The topological polar surface area (TPSA) is 76.0 Å². The van der Waals surface area contributed by atoms with Crippen LogP contribution in [-0.4, -0.2) is 33.7 Å². The van der Waals surface area contributed by atoms with Gasteiger partial charge >= 0.3 is 0 Å². The van der Waals surface area contributed by atoms with E-state index in [0.717, 1.165) is 23.6 Å². The Bertz CT molecular complexity index is 1120. The number of para-hydroxylation sites is 2. The van der Waals surface area contributed by atoms with Gasteiger partial charge in [0.15, 0.2) is 22.6 Å². The molecule has 2 amide bonds. The molecule has 1 heterocycles. The van der Waals surface area contributed by atoms with E-state index in [1.54, 1.807) is 0 Å². The number of hydrogen-bond donors (Lipinski definition) is 2. The van der Waals surface area contributed by atoms with Crippen molar-refractivity contribution in [1.82, 2.24) is 14.9 Å². The standard InChI is InChI=1S/C21H21F3N4O2S/c1-12(2)10-28-16-6-4-3-5-14(16)27-21(28)31-11-18(30)25-9-17(29)26-15-8-7-13(22)19(23)20(15)24/h3-8,12H,9-11H2,1-2H3,(H,25,30)(H,26,29). The van der Waals surface area contributed by atoms with Crippen molar-refractivity contribution in [2.45, 2.75) is 25.5 Å². The summed E-state index contributed by atoms with van der Waals surface area (Å²) in [7, 11) is 0. The predicted molar refractivity (Wildman–Crippen MR) is 113 cm³/mol. The summed E-state index contributed by atoms with van der Waals surface area (Å²) in [6, 6.07) is 9.30. The van der Waals surface area contributed by atoms with Crippen LogP contribution in [-0.2, 0) is 16.1 Å². The van der Waals surface area contributed by atoms with E-state index < -0.39 is 41.5 Å². The van der Waals surface area contributed by atoms with E-state index in [1.165, 1.54) is 11.8 Å². The highest BCUT2D eigenvalue weighted by Crippen LogP contribution is 2.25. The van der Waals surface area contributed by atoms with Gasteiger partial charge in [-0.05, 0) is 30.2 Å². The Morgan fingerprint density at radius 2 is 1.81 bits per heavy atom. The summed E-state index contributed by atoms with van der Waals surface area (Å²) in [5.74, 6) is -5.32. The van der Waals surface area contributed by atoms with Crippen LogP contribution in [0.15, 0.2) is 41.6 Å². The average Bonchev–Trinajstić information content (AvgIpc) is 3.08. The molecule has 10 heteroatoms. The highest BCUT2D eigenvalue weighted by Gasteiger charge is 2.17. The molecule has 0 fully saturated rings. The lowest BCUT2D eigenvalue weighted by molar-refractivity contribution is -0.122. The normalized spacial score (nSPS) is 11.2. The summed E-state index contributed by atoms with van der Waals surface area (Å²) in [5, 5.41) is 5.20. The number of amides is 2. The summed E-state index contributed by atoms with van der Waals surface area (Å²) in [5.41, 5.74) is 1.31. The van der Waals surface area contributed by atoms with Gasteiger partial charge in [-0.3, -0.25) is 9.59 Å². The fraction of sp³-hybridized carbons (Fsp3) is 0.286. The molecule has 0 saturated heterocycles. The maximum absolute atomic E-state index is 13.6. The van der Waals surface area contributed by atoms with Crippen LogP contribution in [0.4, 0.5) is 18.9 Å². The summed E-state index contributed by atoms with van der Waals surface area (Å²) < 4.78 is 41.8. The summed E-state index contributed by atoms with van der Waals surface area (Å²) in [6.07, 6.45) is 0. The number of halogens is 3. The molecule has 0 aliphatic carbocycles. The molecule has 0 unspecified atom stereocenters. The molecule has 0 radical (unpaired) electrons. The highest BCUT2D eigenvalue weighted by molar-refractivity contribution is 7.99. The minimum atomic E-state index is -1.68. The fourth-order valence-electron chi connectivity index (χ4n) is 2.88. The van der Waals surface area contributed by atoms with Crippen LogP contribution in [0.25, 0.3) is 11.0 Å². The van der Waals surface area contributed by atoms with Crippen LogP contribution < -0.4 is 10.6 Å². The average molecular weight is 450 g/mol. The SMILES string of the molecule is CC(C)Cn1c(SCC(=O)NCC(=O)Nc2ccc(F)c(F)c2F)nc2ccccc21. The molecule has 6 nitrogen and oxygen atoms in total. The van der Waals surface area contributed by atoms with Gasteiger partial charge < -0.3 is 15.2 Å². The molecule has 3 rings (SSSR count). The zero-order valence-electron chi connectivity index (χ0n) is 16.9. The van der Waals surface area contributed by atoms with Crippen LogP contribution in [0.5, 0.6) is 0 Å². The second-order valence-electron chi connectivity index (χ2n) is 7.22. The van der Waals surface area contributed by atoms with Gasteiger partial charge in [-0.15, -0.1) is 0 Å². The molecular formula is C21H21F3N4O2S. The number of thioether (sulfide) groups is 1. The minimum absolute atomic E-state index is 0.0221. The molecular weight excluding hydrogens is 429 g/mol. The quantitative estimate of drug-likeness (QED) is 0.403. The van der Waals surface area contributed by atoms with E-state index in [1.807, 2.05) is 24.3 Å². The molecule has 164 valence electrons. The van der Waals surface area contributed by atoms with E-state index in [0.29, 0.717) is 17.1 Å². The van der Waals surface area contributed by atoms with E-state index >= 15 is 0 Å². The van der Waals surface area contributed by atoms with Crippen LogP contribution >= 0.6 is 11.8 Å². The van der Waals surface area contributed by atoms with E-state index in [9.17, 15) is 22.8 Å². The fourth-order valence-corrected chi connectivity index (χ4v) is 3.74. The van der Waals surface area contributed by atoms with Gasteiger partial charge in [0, 0.05) is 6.54 Å². The molecule has 31 heavy (non-hydrogen) atoms. The van der Waals surface area contributed by atoms with Crippen LogP contribution in [0.3, 0.4) is 0 Å². The Balaban J connectivity index is 1.56. The highest BCUT2D eigenvalue weighted by atomic mass is 32.2. The molecule has 0 atom stereocenters. The molecule has 0 aliphatic heterocycles. The number of aromatic nitrogens is 2. The first kappa shape index (κ1) is 22.7. The molecule has 0 spiro atoms. The molecule has 3 aromatic rings. The van der Waals surface area contributed by atoms with E-state index in [4.69, 9.17) is 0 Å². The number of benzene rings is 2. The molecule has 1 aromatic heterocycles. The van der Waals surface area contributed by atoms with Crippen molar-refractivity contribution in [1.29, 1.82) is 0 Å². The lowest BCUT2D eigenvalue weighted by atomic mass is 10.2. The zero-order chi connectivity index (χ0) is 22.5. The van der Waals surface area contributed by atoms with Gasteiger partial charge in [-0.25, -0.2) is 18.2 Å². The second-order valence-corrected chi connectivity index (χ2v) is 8.17. The molecule has 0 saturated carbocycles. The molecule has 0 aliphatic rings. The Labute approximate surface area is 181 Å². The lowest BCUT2D eigenvalue weighted by Gasteiger charge is -2.11. The van der Waals surface area contributed by atoms with Crippen LogP contribution in [0.2, 0.25) is 0 Å². The third-order valence-electron chi connectivity index (χ3n) is 4.25. The van der Waals surface area contributed by atoms with Crippen molar-refractivity contribution in [3.63, 3.8) is 0 Å². The number of imidazole rings is 1. The number of fused-ring (bicyclic) bond motifs is 1. The Kier molecular flexibility index (Phi) is 7.21. The number of rotatable bonds is 8. The van der Waals surface area contributed by atoms with Crippen molar-refractivity contribution in [2.75, 3.05) is 17.6 Å². The maximum Gasteiger partial charge on any atom is 0.243 e. The number of nitrogens with zero attached hydrogens (tertiary/aromatic N) is 2. The number of carbonyl (C=O) groups is 2. The Morgan fingerprint density at radius 1 is 1.06 bits per heavy atom. The lowest BCUT2D eigenvalue weighted by Crippen LogP contribution is -2.34. The number of carbonyl (C=O) groups excluding carboxylic acids is 2. The third kappa shape index (κ3) is 5.57. The van der Waals surface area contributed by atoms with Gasteiger partial charge in [0.05, 0.1) is 29.0 Å². The summed E-state index contributed by atoms with van der Waals surface area (Å²) in [4.78, 5) is 28.6. The Morgan fingerprint density at radius 3 is 2.55 bits per heavy atom. The van der Waals surface area contributed by atoms with Gasteiger partial charge in [-0.1, -0.05) is 37.7 Å². The van der Waals surface area contributed by atoms with Gasteiger partial charge in [0.25, 0.3) is 0 Å². The van der Waals surface area contributed by atoms with Gasteiger partial charge in [-0.2, -0.15) is 0 Å². The largest absolute Gasteiger partial charge is 0.346 e. The first-order valence-electron chi connectivity index (χ1n) is 9.54. The zero-order valence-corrected chi connectivity index (χ0v) is 17.7. The molecule has 2 N–H and O–H groups in total. The van der Waals surface area contributed by atoms with Crippen molar-refractivity contribution in [3.8, 4) is 0 Å². The van der Waals surface area contributed by atoms with Gasteiger partial charge in [0.2, 0.25) is 11.8 Å². The van der Waals surface area contributed by atoms with Crippen LogP contribution in [0, 0.1) is 23.4 Å². The number of hydrogen-bond acceptors (Lipinski definition) is 4. The smallest absolute Gasteiger partial charge is 0.243 e. The van der Waals surface area contributed by atoms with Crippen molar-refractivity contribution in [2.24, 2.45) is 5.92 Å². The van der Waals surface area contributed by atoms with Crippen molar-refractivity contribution < 1.29 is 22.8 Å². The predicted octanol–water partition coefficient (Wildman–Crippen LogP) is 3.96. The summed E-state index contributed by atoms with van der Waals surface area (Å²) in [6.45, 7) is 4.47. The first-order valence-corrected chi connectivity index (χ1v) is 10.5. The second kappa shape index (κ2) is 9.86. The van der Waals surface area contributed by atoms with Crippen molar-refractivity contribution in [3.05, 3.63) is 53.8 Å². The Hall–Kier alpha value is -3.01. The monoisotopic (exact) mass is 450 g/mol. The number of anilines is 1. The van der Waals surface area contributed by atoms with E-state index in [-0.39, 0.29) is 5.75 Å². The van der Waals surface area contributed by atoms with Gasteiger partial charge in [0.1, 0.15) is 0 Å².